The summed E-state index contributed by atoms with van der Waals surface area (Å²) >= 11 is 0. The van der Waals surface area contributed by atoms with Gasteiger partial charge in [-0.25, -0.2) is 0 Å². The molecular formula is C25H40. The summed E-state index contributed by atoms with van der Waals surface area (Å²) in [7, 11) is 0. The van der Waals surface area contributed by atoms with Crippen LogP contribution in [-0.2, 0) is 6.42 Å². The molecule has 0 heterocycles. The maximum Gasteiger partial charge on any atom is -0.0200 e. The van der Waals surface area contributed by atoms with Crippen LogP contribution in [0.1, 0.15) is 81.5 Å². The first-order valence-electron chi connectivity index (χ1n) is 10.7. The molecule has 0 N–H and O–H groups in total. The molecule has 1 aliphatic rings. The van der Waals surface area contributed by atoms with Crippen molar-refractivity contribution in [1.29, 1.82) is 0 Å². The predicted octanol–water partition coefficient (Wildman–Crippen LogP) is 7.59. The second kappa shape index (κ2) is 9.60. The van der Waals surface area contributed by atoms with Crippen LogP contribution in [0.25, 0.3) is 0 Å². The quantitative estimate of drug-likeness (QED) is 0.338. The van der Waals surface area contributed by atoms with E-state index >= 15 is 0 Å². The molecule has 25 heavy (non-hydrogen) atoms. The van der Waals surface area contributed by atoms with Crippen molar-refractivity contribution in [3.8, 4) is 0 Å². The Bertz CT molecular complexity index is 540. The van der Waals surface area contributed by atoms with Gasteiger partial charge in [-0.3, -0.25) is 0 Å². The fraction of sp³-hybridized carbons (Fsp3) is 0.680. The molecule has 0 bridgehead atoms. The van der Waals surface area contributed by atoms with Crippen molar-refractivity contribution in [3.63, 3.8) is 0 Å². The zero-order valence-electron chi connectivity index (χ0n) is 17.6. The number of rotatable bonds is 8. The first-order chi connectivity index (χ1) is 11.9. The van der Waals surface area contributed by atoms with E-state index in [1.165, 1.54) is 61.6 Å². The summed E-state index contributed by atoms with van der Waals surface area (Å²) in [4.78, 5) is 0. The summed E-state index contributed by atoms with van der Waals surface area (Å²) < 4.78 is 0. The van der Waals surface area contributed by atoms with Crippen LogP contribution in [0, 0.1) is 44.4 Å². The Hall–Kier alpha value is -1.04. The van der Waals surface area contributed by atoms with E-state index in [9.17, 15) is 0 Å². The zero-order valence-corrected chi connectivity index (χ0v) is 17.6. The highest BCUT2D eigenvalue weighted by Gasteiger charge is 2.31. The van der Waals surface area contributed by atoms with Gasteiger partial charge in [0, 0.05) is 0 Å². The van der Waals surface area contributed by atoms with E-state index in [2.05, 4.69) is 65.8 Å². The molecule has 3 atom stereocenters. The largest absolute Gasteiger partial charge is 0.0880 e. The molecule has 0 heteroatoms. The van der Waals surface area contributed by atoms with Crippen molar-refractivity contribution in [2.24, 2.45) is 23.7 Å². The number of hydrogen-bond donors (Lipinski definition) is 0. The SMILES string of the molecule is CCCC1C=CCC(CCCCc2c(C)cc(C)cc2C)C1C(C)C. The topological polar surface area (TPSA) is 0 Å². The smallest absolute Gasteiger partial charge is 0.0200 e. The van der Waals surface area contributed by atoms with Crippen molar-refractivity contribution >= 4 is 0 Å². The average Bonchev–Trinajstić information content (AvgIpc) is 2.53. The first-order valence-corrected chi connectivity index (χ1v) is 10.7. The van der Waals surface area contributed by atoms with E-state index in [0.29, 0.717) is 0 Å². The molecule has 140 valence electrons. The molecule has 1 aromatic rings. The van der Waals surface area contributed by atoms with Gasteiger partial charge in [-0.05, 0) is 93.2 Å². The van der Waals surface area contributed by atoms with Gasteiger partial charge in [-0.15, -0.1) is 0 Å². The van der Waals surface area contributed by atoms with E-state index in [1.54, 1.807) is 5.56 Å². The van der Waals surface area contributed by atoms with Crippen LogP contribution in [0.15, 0.2) is 24.3 Å². The van der Waals surface area contributed by atoms with Crippen LogP contribution in [0.4, 0.5) is 0 Å². The van der Waals surface area contributed by atoms with Gasteiger partial charge < -0.3 is 0 Å². The Kier molecular flexibility index (Phi) is 7.79. The van der Waals surface area contributed by atoms with E-state index < -0.39 is 0 Å². The minimum absolute atomic E-state index is 0.813. The highest BCUT2D eigenvalue weighted by atomic mass is 14.4. The van der Waals surface area contributed by atoms with Gasteiger partial charge in [0.1, 0.15) is 0 Å². The van der Waals surface area contributed by atoms with Crippen molar-refractivity contribution in [2.45, 2.75) is 86.5 Å². The van der Waals surface area contributed by atoms with E-state index in [-0.39, 0.29) is 0 Å². The van der Waals surface area contributed by atoms with E-state index in [0.717, 1.165) is 23.7 Å². The Balaban J connectivity index is 1.89. The molecule has 2 rings (SSSR count). The summed E-state index contributed by atoms with van der Waals surface area (Å²) in [5.41, 5.74) is 5.97. The van der Waals surface area contributed by atoms with E-state index in [1.807, 2.05) is 0 Å². The minimum Gasteiger partial charge on any atom is -0.0880 e. The molecule has 0 saturated carbocycles. The van der Waals surface area contributed by atoms with Crippen LogP contribution in [0.3, 0.4) is 0 Å². The Labute approximate surface area is 157 Å². The first kappa shape index (κ1) is 20.3. The summed E-state index contributed by atoms with van der Waals surface area (Å²) in [6.45, 7) is 14.0. The van der Waals surface area contributed by atoms with Gasteiger partial charge in [-0.2, -0.15) is 0 Å². The summed E-state index contributed by atoms with van der Waals surface area (Å²) in [6, 6.07) is 4.69. The minimum atomic E-state index is 0.813. The number of unbranched alkanes of at least 4 members (excludes halogenated alkanes) is 1. The molecular weight excluding hydrogens is 300 g/mol. The maximum atomic E-state index is 2.53. The normalized spacial score (nSPS) is 23.4. The Morgan fingerprint density at radius 2 is 1.68 bits per heavy atom. The molecule has 1 aromatic carbocycles. The van der Waals surface area contributed by atoms with Crippen molar-refractivity contribution in [2.75, 3.05) is 0 Å². The number of aryl methyl sites for hydroxylation is 3. The molecule has 0 amide bonds. The standard InChI is InChI=1S/C25H40/c1-7-11-22-13-10-14-23(25(22)18(2)3)12-8-9-15-24-20(5)16-19(4)17-21(24)6/h10,13,16-18,22-23,25H,7-9,11-12,14-15H2,1-6H3. The predicted molar refractivity (Wildman–Crippen MR) is 112 cm³/mol. The number of benzene rings is 1. The maximum absolute atomic E-state index is 2.53. The molecule has 0 aromatic heterocycles. The van der Waals surface area contributed by atoms with Crippen LogP contribution < -0.4 is 0 Å². The summed E-state index contributed by atoms with van der Waals surface area (Å²) in [6.07, 6.45) is 14.4. The zero-order chi connectivity index (χ0) is 18.4. The molecule has 0 nitrogen and oxygen atoms in total. The van der Waals surface area contributed by atoms with Crippen molar-refractivity contribution < 1.29 is 0 Å². The Morgan fingerprint density at radius 3 is 2.28 bits per heavy atom. The molecule has 1 aliphatic carbocycles. The third-order valence-electron chi connectivity index (χ3n) is 6.34. The molecule has 0 radical (unpaired) electrons. The lowest BCUT2D eigenvalue weighted by molar-refractivity contribution is 0.162. The summed E-state index contributed by atoms with van der Waals surface area (Å²) in [5.74, 6) is 3.44. The van der Waals surface area contributed by atoms with Crippen LogP contribution in [0.5, 0.6) is 0 Å². The van der Waals surface area contributed by atoms with Crippen molar-refractivity contribution in [1.82, 2.24) is 0 Å². The van der Waals surface area contributed by atoms with Gasteiger partial charge in [0.2, 0.25) is 0 Å². The van der Waals surface area contributed by atoms with Gasteiger partial charge in [0.05, 0.1) is 0 Å². The number of allylic oxidation sites excluding steroid dienone is 2. The second-order valence-corrected chi connectivity index (χ2v) is 8.82. The highest BCUT2D eigenvalue weighted by molar-refractivity contribution is 5.37. The third-order valence-corrected chi connectivity index (χ3v) is 6.34. The van der Waals surface area contributed by atoms with Crippen LogP contribution in [0.2, 0.25) is 0 Å². The average molecular weight is 341 g/mol. The fourth-order valence-corrected chi connectivity index (χ4v) is 5.35. The molecule has 0 spiro atoms. The second-order valence-electron chi connectivity index (χ2n) is 8.82. The van der Waals surface area contributed by atoms with Gasteiger partial charge >= 0.3 is 0 Å². The fourth-order valence-electron chi connectivity index (χ4n) is 5.35. The van der Waals surface area contributed by atoms with Gasteiger partial charge in [-0.1, -0.05) is 63.5 Å². The molecule has 0 saturated heterocycles. The number of hydrogen-bond acceptors (Lipinski definition) is 0. The van der Waals surface area contributed by atoms with E-state index in [4.69, 9.17) is 0 Å². The summed E-state index contributed by atoms with van der Waals surface area (Å²) in [5, 5.41) is 0. The van der Waals surface area contributed by atoms with Gasteiger partial charge in [0.25, 0.3) is 0 Å². The lowest BCUT2D eigenvalue weighted by atomic mass is 9.67. The van der Waals surface area contributed by atoms with Crippen molar-refractivity contribution in [3.05, 3.63) is 46.5 Å². The lowest BCUT2D eigenvalue weighted by Crippen LogP contribution is -2.29. The third kappa shape index (κ3) is 5.47. The molecule has 3 unspecified atom stereocenters. The Morgan fingerprint density at radius 1 is 1.00 bits per heavy atom. The van der Waals surface area contributed by atoms with Gasteiger partial charge in [0.15, 0.2) is 0 Å². The van der Waals surface area contributed by atoms with Crippen LogP contribution >= 0.6 is 0 Å². The molecule has 0 fully saturated rings. The highest BCUT2D eigenvalue weighted by Crippen LogP contribution is 2.40. The van der Waals surface area contributed by atoms with Crippen LogP contribution in [-0.4, -0.2) is 0 Å². The monoisotopic (exact) mass is 340 g/mol. The lowest BCUT2D eigenvalue weighted by Gasteiger charge is -2.38. The molecule has 0 aliphatic heterocycles.